The Hall–Kier alpha value is -1.10. The molecule has 0 amide bonds. The first-order chi connectivity index (χ1) is 9.05. The second-order valence-electron chi connectivity index (χ2n) is 5.14. The lowest BCUT2D eigenvalue weighted by Crippen LogP contribution is -2.57. The van der Waals surface area contributed by atoms with Crippen LogP contribution in [0.2, 0.25) is 0 Å². The number of hydrogen-bond acceptors (Lipinski definition) is 4. The van der Waals surface area contributed by atoms with Crippen molar-refractivity contribution >= 4 is 17.6 Å². The van der Waals surface area contributed by atoms with Crippen molar-refractivity contribution in [1.82, 2.24) is 5.06 Å². The van der Waals surface area contributed by atoms with E-state index >= 15 is 0 Å². The molecule has 1 aromatic carbocycles. The molecule has 2 aliphatic rings. The van der Waals surface area contributed by atoms with Crippen LogP contribution in [0, 0.1) is 5.41 Å². The van der Waals surface area contributed by atoms with Gasteiger partial charge in [0.1, 0.15) is 5.41 Å². The molecule has 1 aliphatic heterocycles. The molecule has 0 spiro atoms. The van der Waals surface area contributed by atoms with Crippen molar-refractivity contribution in [2.75, 3.05) is 14.2 Å². The van der Waals surface area contributed by atoms with Crippen molar-refractivity contribution in [2.24, 2.45) is 5.41 Å². The Morgan fingerprint density at radius 3 is 2.63 bits per heavy atom. The van der Waals surface area contributed by atoms with Crippen LogP contribution in [0.1, 0.15) is 24.4 Å². The SMILES string of the molecule is COC(=O)[C@@]12CC[C@]1(Cl)ON(C)[C@H]2c1ccccc1. The van der Waals surface area contributed by atoms with Gasteiger partial charge in [-0.3, -0.25) is 9.63 Å². The van der Waals surface area contributed by atoms with Crippen molar-refractivity contribution < 1.29 is 14.4 Å². The Morgan fingerprint density at radius 1 is 1.42 bits per heavy atom. The first-order valence-electron chi connectivity index (χ1n) is 6.29. The molecular formula is C14H16ClNO3. The number of nitrogens with zero attached hydrogens (tertiary/aromatic N) is 1. The minimum absolute atomic E-state index is 0.215. The Morgan fingerprint density at radius 2 is 2.11 bits per heavy atom. The third kappa shape index (κ3) is 1.51. The number of esters is 1. The van der Waals surface area contributed by atoms with Crippen LogP contribution in [-0.4, -0.2) is 30.3 Å². The average Bonchev–Trinajstić information content (AvgIpc) is 2.57. The molecule has 4 nitrogen and oxygen atoms in total. The molecule has 0 aromatic heterocycles. The number of rotatable bonds is 2. The van der Waals surface area contributed by atoms with E-state index in [4.69, 9.17) is 21.2 Å². The summed E-state index contributed by atoms with van der Waals surface area (Å²) in [6, 6.07) is 9.58. The minimum Gasteiger partial charge on any atom is -0.468 e. The summed E-state index contributed by atoms with van der Waals surface area (Å²) in [5.74, 6) is -0.299. The van der Waals surface area contributed by atoms with E-state index in [2.05, 4.69) is 0 Å². The Labute approximate surface area is 117 Å². The first kappa shape index (κ1) is 12.9. The smallest absolute Gasteiger partial charge is 0.318 e. The van der Waals surface area contributed by atoms with Gasteiger partial charge in [-0.15, -0.1) is 0 Å². The highest BCUT2D eigenvalue weighted by Crippen LogP contribution is 2.67. The fourth-order valence-electron chi connectivity index (χ4n) is 3.33. The number of fused-ring (bicyclic) bond motifs is 1. The molecule has 0 unspecified atom stereocenters. The van der Waals surface area contributed by atoms with E-state index in [-0.39, 0.29) is 12.0 Å². The predicted octanol–water partition coefficient (Wildman–Crippen LogP) is 2.49. The minimum atomic E-state index is -0.977. The Bertz CT molecular complexity index is 509. The number of alkyl halides is 1. The van der Waals surface area contributed by atoms with Crippen LogP contribution in [0.4, 0.5) is 0 Å². The molecule has 0 N–H and O–H groups in total. The third-order valence-corrected chi connectivity index (χ3v) is 4.89. The van der Waals surface area contributed by atoms with Crippen LogP contribution in [0.25, 0.3) is 0 Å². The first-order valence-corrected chi connectivity index (χ1v) is 6.67. The van der Waals surface area contributed by atoms with E-state index in [1.807, 2.05) is 37.4 Å². The van der Waals surface area contributed by atoms with E-state index in [1.165, 1.54) is 7.11 Å². The maximum atomic E-state index is 12.3. The molecule has 0 bridgehead atoms. The number of carbonyl (C=O) groups is 1. The summed E-state index contributed by atoms with van der Waals surface area (Å²) < 4.78 is 4.99. The molecule has 2 fully saturated rings. The van der Waals surface area contributed by atoms with Crippen LogP contribution in [0.3, 0.4) is 0 Å². The molecule has 5 heteroatoms. The van der Waals surface area contributed by atoms with E-state index in [0.29, 0.717) is 12.8 Å². The highest BCUT2D eigenvalue weighted by molar-refractivity contribution is 6.26. The summed E-state index contributed by atoms with van der Waals surface area (Å²) in [6.45, 7) is 0. The van der Waals surface area contributed by atoms with Gasteiger partial charge >= 0.3 is 5.97 Å². The van der Waals surface area contributed by atoms with Crippen LogP contribution in [0.5, 0.6) is 0 Å². The molecule has 102 valence electrons. The van der Waals surface area contributed by atoms with Crippen molar-refractivity contribution in [3.05, 3.63) is 35.9 Å². The second kappa shape index (κ2) is 4.20. The zero-order valence-electron chi connectivity index (χ0n) is 10.9. The normalized spacial score (nSPS) is 37.5. The van der Waals surface area contributed by atoms with Gasteiger partial charge < -0.3 is 4.74 Å². The van der Waals surface area contributed by atoms with Gasteiger partial charge in [-0.05, 0) is 18.4 Å². The van der Waals surface area contributed by atoms with Crippen LogP contribution < -0.4 is 0 Å². The van der Waals surface area contributed by atoms with Gasteiger partial charge in [0.15, 0.2) is 5.06 Å². The number of benzene rings is 1. The summed E-state index contributed by atoms with van der Waals surface area (Å²) in [7, 11) is 3.21. The third-order valence-electron chi connectivity index (χ3n) is 4.29. The number of ether oxygens (including phenoxy) is 1. The van der Waals surface area contributed by atoms with Crippen molar-refractivity contribution in [3.8, 4) is 0 Å². The van der Waals surface area contributed by atoms with Gasteiger partial charge in [-0.1, -0.05) is 41.9 Å². The van der Waals surface area contributed by atoms with Crippen molar-refractivity contribution in [1.29, 1.82) is 0 Å². The molecular weight excluding hydrogens is 266 g/mol. The second-order valence-corrected chi connectivity index (χ2v) is 5.75. The van der Waals surface area contributed by atoms with Crippen LogP contribution in [0.15, 0.2) is 30.3 Å². The number of hydroxylamine groups is 2. The highest BCUT2D eigenvalue weighted by Gasteiger charge is 2.75. The topological polar surface area (TPSA) is 38.8 Å². The van der Waals surface area contributed by atoms with Gasteiger partial charge in [0, 0.05) is 7.05 Å². The van der Waals surface area contributed by atoms with Gasteiger partial charge in [0.05, 0.1) is 13.2 Å². The fraction of sp³-hybridized carbons (Fsp3) is 0.500. The molecule has 1 aromatic rings. The quantitative estimate of drug-likeness (QED) is 0.617. The Kier molecular flexibility index (Phi) is 2.85. The summed E-state index contributed by atoms with van der Waals surface area (Å²) in [4.78, 5) is 18.1. The maximum Gasteiger partial charge on any atom is 0.318 e. The van der Waals surface area contributed by atoms with Gasteiger partial charge in [-0.2, -0.15) is 5.06 Å². The molecule has 19 heavy (non-hydrogen) atoms. The number of hydrogen-bond donors (Lipinski definition) is 0. The summed E-state index contributed by atoms with van der Waals surface area (Å²) in [5, 5.41) is 0.710. The summed E-state index contributed by atoms with van der Waals surface area (Å²) >= 11 is 6.51. The molecule has 1 heterocycles. The van der Waals surface area contributed by atoms with E-state index in [9.17, 15) is 4.79 Å². The van der Waals surface area contributed by atoms with Crippen LogP contribution >= 0.6 is 11.6 Å². The van der Waals surface area contributed by atoms with Gasteiger partial charge in [0.25, 0.3) is 0 Å². The van der Waals surface area contributed by atoms with E-state index in [0.717, 1.165) is 5.56 Å². The monoisotopic (exact) mass is 281 g/mol. The Balaban J connectivity index is 2.09. The van der Waals surface area contributed by atoms with Crippen LogP contribution in [-0.2, 0) is 14.4 Å². The zero-order chi connectivity index (χ0) is 13.7. The van der Waals surface area contributed by atoms with E-state index in [1.54, 1.807) is 5.06 Å². The van der Waals surface area contributed by atoms with E-state index < -0.39 is 10.5 Å². The lowest BCUT2D eigenvalue weighted by molar-refractivity contribution is -0.193. The molecule has 0 radical (unpaired) electrons. The lowest BCUT2D eigenvalue weighted by Gasteiger charge is -2.48. The summed E-state index contributed by atoms with van der Waals surface area (Å²) in [6.07, 6.45) is 1.32. The number of methoxy groups -OCH3 is 1. The molecule has 1 aliphatic carbocycles. The average molecular weight is 282 g/mol. The maximum absolute atomic E-state index is 12.3. The molecule has 1 saturated heterocycles. The predicted molar refractivity (Wildman–Crippen MR) is 70.3 cm³/mol. The van der Waals surface area contributed by atoms with Crippen molar-refractivity contribution in [3.63, 3.8) is 0 Å². The highest BCUT2D eigenvalue weighted by atomic mass is 35.5. The number of halogens is 1. The number of carbonyl (C=O) groups excluding carboxylic acids is 1. The van der Waals surface area contributed by atoms with Crippen molar-refractivity contribution in [2.45, 2.75) is 23.9 Å². The largest absolute Gasteiger partial charge is 0.468 e. The standard InChI is InChI=1S/C14H16ClNO3/c1-16-11(10-6-4-3-5-7-10)13(12(17)18-2)8-9-14(13,15)19-16/h3-7,11H,8-9H2,1-2H3/t11-,13-,14-/m0/s1. The lowest BCUT2D eigenvalue weighted by atomic mass is 9.60. The molecule has 1 saturated carbocycles. The molecule has 3 atom stereocenters. The summed E-state index contributed by atoms with van der Waals surface area (Å²) in [5.41, 5.74) is 0.192. The molecule has 3 rings (SSSR count). The van der Waals surface area contributed by atoms with Gasteiger partial charge in [-0.25, -0.2) is 0 Å². The fourth-order valence-corrected chi connectivity index (χ4v) is 3.81. The van der Waals surface area contributed by atoms with Gasteiger partial charge in [0.2, 0.25) is 0 Å². The zero-order valence-corrected chi connectivity index (χ0v) is 11.7.